The van der Waals surface area contributed by atoms with Gasteiger partial charge in [-0.15, -0.1) is 0 Å². The van der Waals surface area contributed by atoms with Gasteiger partial charge in [0.15, 0.2) is 0 Å². The Morgan fingerprint density at radius 1 is 1.09 bits per heavy atom. The Balaban J connectivity index is 3.46. The molecule has 11 heavy (non-hydrogen) atoms. The van der Waals surface area contributed by atoms with Gasteiger partial charge in [-0.25, -0.2) is 0 Å². The molecule has 0 atom stereocenters. The number of rotatable bonds is 0. The van der Waals surface area contributed by atoms with E-state index in [2.05, 4.69) is 31.9 Å². The third-order valence-electron chi connectivity index (χ3n) is 1.58. The van der Waals surface area contributed by atoms with Crippen LogP contribution in [0.2, 0.25) is 0 Å². The number of halogens is 2. The van der Waals surface area contributed by atoms with Crippen molar-refractivity contribution in [2.24, 2.45) is 0 Å². The van der Waals surface area contributed by atoms with Gasteiger partial charge in [0.1, 0.15) is 0 Å². The molecule has 0 fully saturated rings. The number of hydrogen-bond acceptors (Lipinski definition) is 2. The zero-order valence-corrected chi connectivity index (χ0v) is 9.16. The number of benzene rings is 1. The van der Waals surface area contributed by atoms with Crippen molar-refractivity contribution in [1.29, 1.82) is 0 Å². The van der Waals surface area contributed by atoms with Crippen molar-refractivity contribution in [2.75, 3.05) is 11.5 Å². The van der Waals surface area contributed by atoms with Crippen LogP contribution in [0.5, 0.6) is 0 Å². The van der Waals surface area contributed by atoms with E-state index in [1.54, 1.807) is 0 Å². The van der Waals surface area contributed by atoms with Crippen molar-refractivity contribution in [3.8, 4) is 0 Å². The Morgan fingerprint density at radius 2 is 1.45 bits per heavy atom. The van der Waals surface area contributed by atoms with Crippen molar-refractivity contribution in [3.63, 3.8) is 0 Å². The van der Waals surface area contributed by atoms with Crippen LogP contribution >= 0.6 is 31.9 Å². The molecule has 0 spiro atoms. The third kappa shape index (κ3) is 1.51. The fraction of sp³-hybridized carbons (Fsp3) is 0.143. The van der Waals surface area contributed by atoms with Crippen LogP contribution in [0.1, 0.15) is 5.56 Å². The van der Waals surface area contributed by atoms with Crippen LogP contribution in [-0.4, -0.2) is 0 Å². The van der Waals surface area contributed by atoms with E-state index in [9.17, 15) is 0 Å². The molecule has 1 aromatic rings. The first kappa shape index (κ1) is 8.87. The monoisotopic (exact) mass is 278 g/mol. The summed E-state index contributed by atoms with van der Waals surface area (Å²) in [5.41, 5.74) is 13.7. The fourth-order valence-corrected chi connectivity index (χ4v) is 2.13. The van der Waals surface area contributed by atoms with Gasteiger partial charge in [-0.2, -0.15) is 0 Å². The van der Waals surface area contributed by atoms with E-state index in [1.807, 2.05) is 13.0 Å². The minimum atomic E-state index is 0.700. The van der Waals surface area contributed by atoms with Crippen LogP contribution in [0.4, 0.5) is 11.4 Å². The van der Waals surface area contributed by atoms with Crippen LogP contribution < -0.4 is 11.5 Å². The maximum atomic E-state index is 5.70. The first-order chi connectivity index (χ1) is 5.04. The second-order valence-corrected chi connectivity index (χ2v) is 4.00. The van der Waals surface area contributed by atoms with Gasteiger partial charge in [0.2, 0.25) is 0 Å². The summed E-state index contributed by atoms with van der Waals surface area (Å²) < 4.78 is 1.74. The lowest BCUT2D eigenvalue weighted by Gasteiger charge is -2.07. The number of nitrogens with two attached hydrogens (primary N) is 2. The van der Waals surface area contributed by atoms with Crippen LogP contribution in [0.3, 0.4) is 0 Å². The average Bonchev–Trinajstić information content (AvgIpc) is 1.97. The highest BCUT2D eigenvalue weighted by Gasteiger charge is 2.06. The van der Waals surface area contributed by atoms with Crippen LogP contribution in [-0.2, 0) is 0 Å². The summed E-state index contributed by atoms with van der Waals surface area (Å²) in [6, 6.07) is 1.84. The van der Waals surface area contributed by atoms with Gasteiger partial charge in [0.25, 0.3) is 0 Å². The molecule has 0 aliphatic carbocycles. The smallest absolute Gasteiger partial charge is 0.0509 e. The molecular weight excluding hydrogens is 272 g/mol. The van der Waals surface area contributed by atoms with Gasteiger partial charge < -0.3 is 11.5 Å². The molecule has 2 nitrogen and oxygen atoms in total. The highest BCUT2D eigenvalue weighted by Crippen LogP contribution is 2.33. The highest BCUT2D eigenvalue weighted by atomic mass is 79.9. The van der Waals surface area contributed by atoms with Gasteiger partial charge in [0.05, 0.1) is 11.4 Å². The highest BCUT2D eigenvalue weighted by molar-refractivity contribution is 9.11. The van der Waals surface area contributed by atoms with Crippen molar-refractivity contribution < 1.29 is 0 Å². The molecule has 1 aromatic carbocycles. The van der Waals surface area contributed by atoms with Gasteiger partial charge in [-0.05, 0) is 50.4 Å². The summed E-state index contributed by atoms with van der Waals surface area (Å²) >= 11 is 6.64. The van der Waals surface area contributed by atoms with Crippen molar-refractivity contribution >= 4 is 43.2 Å². The molecule has 0 aliphatic rings. The molecule has 4 N–H and O–H groups in total. The normalized spacial score (nSPS) is 10.1. The lowest BCUT2D eigenvalue weighted by molar-refractivity contribution is 1.43. The molecule has 4 heteroatoms. The summed E-state index contributed by atoms with van der Waals surface area (Å²) in [6.07, 6.45) is 0. The SMILES string of the molecule is Cc1c(N)c(Br)cc(Br)c1N. The van der Waals surface area contributed by atoms with Crippen LogP contribution in [0.25, 0.3) is 0 Å². The largest absolute Gasteiger partial charge is 0.398 e. The van der Waals surface area contributed by atoms with E-state index >= 15 is 0 Å². The average molecular weight is 280 g/mol. The molecule has 1 rings (SSSR count). The third-order valence-corrected chi connectivity index (χ3v) is 2.89. The van der Waals surface area contributed by atoms with Gasteiger partial charge >= 0.3 is 0 Å². The topological polar surface area (TPSA) is 52.0 Å². The molecule has 0 bridgehead atoms. The minimum Gasteiger partial charge on any atom is -0.398 e. The second kappa shape index (κ2) is 3.03. The van der Waals surface area contributed by atoms with Crippen molar-refractivity contribution in [2.45, 2.75) is 6.92 Å². The van der Waals surface area contributed by atoms with E-state index in [1.165, 1.54) is 0 Å². The predicted molar refractivity (Wildman–Crippen MR) is 55.4 cm³/mol. The van der Waals surface area contributed by atoms with E-state index in [4.69, 9.17) is 11.5 Å². The Hall–Kier alpha value is -0.220. The molecule has 0 unspecified atom stereocenters. The summed E-state index contributed by atoms with van der Waals surface area (Å²) in [6.45, 7) is 1.89. The molecule has 60 valence electrons. The maximum Gasteiger partial charge on any atom is 0.0509 e. The molecule has 0 aliphatic heterocycles. The molecular formula is C7H8Br2N2. The van der Waals surface area contributed by atoms with E-state index < -0.39 is 0 Å². The van der Waals surface area contributed by atoms with E-state index in [0.717, 1.165) is 14.5 Å². The van der Waals surface area contributed by atoms with Crippen LogP contribution in [0.15, 0.2) is 15.0 Å². The zero-order chi connectivity index (χ0) is 8.59. The molecule has 0 saturated carbocycles. The lowest BCUT2D eigenvalue weighted by Crippen LogP contribution is -1.97. The summed E-state index contributed by atoms with van der Waals surface area (Å²) in [4.78, 5) is 0. The van der Waals surface area contributed by atoms with Gasteiger partial charge in [0, 0.05) is 8.95 Å². The first-order valence-electron chi connectivity index (χ1n) is 3.03. The number of hydrogen-bond donors (Lipinski definition) is 2. The molecule has 0 heterocycles. The summed E-state index contributed by atoms with van der Waals surface area (Å²) in [7, 11) is 0. The number of nitrogen functional groups attached to an aromatic ring is 2. The minimum absolute atomic E-state index is 0.700. The zero-order valence-electron chi connectivity index (χ0n) is 5.99. The lowest BCUT2D eigenvalue weighted by atomic mass is 10.2. The Morgan fingerprint density at radius 3 is 1.82 bits per heavy atom. The molecule has 0 aromatic heterocycles. The predicted octanol–water partition coefficient (Wildman–Crippen LogP) is 2.68. The van der Waals surface area contributed by atoms with E-state index in [-0.39, 0.29) is 0 Å². The first-order valence-corrected chi connectivity index (χ1v) is 4.62. The van der Waals surface area contributed by atoms with Gasteiger partial charge in [-0.3, -0.25) is 0 Å². The van der Waals surface area contributed by atoms with E-state index in [0.29, 0.717) is 11.4 Å². The standard InChI is InChI=1S/C7H8Br2N2/c1-3-6(10)4(8)2-5(9)7(3)11/h2H,10-11H2,1H3. The molecule has 0 saturated heterocycles. The quantitative estimate of drug-likeness (QED) is 0.718. The summed E-state index contributed by atoms with van der Waals surface area (Å²) in [5.74, 6) is 0. The Kier molecular flexibility index (Phi) is 2.44. The van der Waals surface area contributed by atoms with Crippen LogP contribution in [0, 0.1) is 6.92 Å². The van der Waals surface area contributed by atoms with Crippen molar-refractivity contribution in [3.05, 3.63) is 20.6 Å². The molecule has 0 amide bonds. The Labute approximate surface area is 82.2 Å². The van der Waals surface area contributed by atoms with Crippen molar-refractivity contribution in [1.82, 2.24) is 0 Å². The molecule has 0 radical (unpaired) electrons. The van der Waals surface area contributed by atoms with Gasteiger partial charge in [-0.1, -0.05) is 0 Å². The Bertz CT molecular complexity index is 271. The number of anilines is 2. The second-order valence-electron chi connectivity index (χ2n) is 2.29. The fourth-order valence-electron chi connectivity index (χ4n) is 0.770. The maximum absolute atomic E-state index is 5.70. The summed E-state index contributed by atoms with van der Waals surface area (Å²) in [5, 5.41) is 0.